The van der Waals surface area contributed by atoms with Gasteiger partial charge in [-0.05, 0) is 63.6 Å². The van der Waals surface area contributed by atoms with Crippen LogP contribution in [-0.2, 0) is 4.79 Å². The molecule has 188 valence electrons. The van der Waals surface area contributed by atoms with E-state index in [0.717, 1.165) is 45.4 Å². The number of carbonyl (C=O) groups excluding carboxylic acids is 2. The SMILES string of the molecule is CC1CCCCN1CCCNC(=O)C(C1CCCC1)N1CCN(C(=O)c2ccccc2Cl)CC1. The Labute approximate surface area is 210 Å². The van der Waals surface area contributed by atoms with Crippen LogP contribution in [0.2, 0.25) is 5.02 Å². The van der Waals surface area contributed by atoms with E-state index in [1.54, 1.807) is 12.1 Å². The number of piperidine rings is 1. The molecule has 34 heavy (non-hydrogen) atoms. The van der Waals surface area contributed by atoms with Crippen molar-refractivity contribution in [2.75, 3.05) is 45.8 Å². The van der Waals surface area contributed by atoms with Gasteiger partial charge in [0.2, 0.25) is 5.91 Å². The lowest BCUT2D eigenvalue weighted by Crippen LogP contribution is -2.58. The second-order valence-electron chi connectivity index (χ2n) is 10.3. The molecular weight excluding hydrogens is 448 g/mol. The molecule has 2 amide bonds. The van der Waals surface area contributed by atoms with Crippen LogP contribution < -0.4 is 5.32 Å². The summed E-state index contributed by atoms with van der Waals surface area (Å²) in [4.78, 5) is 33.1. The molecule has 1 aliphatic carbocycles. The minimum absolute atomic E-state index is 0.0148. The molecule has 1 aromatic carbocycles. The van der Waals surface area contributed by atoms with Gasteiger partial charge in [0.1, 0.15) is 0 Å². The number of piperazine rings is 1. The van der Waals surface area contributed by atoms with E-state index in [9.17, 15) is 9.59 Å². The van der Waals surface area contributed by atoms with Crippen molar-refractivity contribution in [1.82, 2.24) is 20.0 Å². The van der Waals surface area contributed by atoms with Crippen LogP contribution in [0.25, 0.3) is 0 Å². The average Bonchev–Trinajstić information content (AvgIpc) is 3.38. The molecule has 2 atom stereocenters. The van der Waals surface area contributed by atoms with Crippen LogP contribution in [0.1, 0.15) is 68.6 Å². The Kier molecular flexibility index (Phi) is 9.26. The maximum atomic E-state index is 13.4. The average molecular weight is 489 g/mol. The van der Waals surface area contributed by atoms with E-state index in [0.29, 0.717) is 35.6 Å². The fourth-order valence-electron chi connectivity index (χ4n) is 6.05. The van der Waals surface area contributed by atoms with E-state index in [1.807, 2.05) is 17.0 Å². The van der Waals surface area contributed by atoms with Crippen LogP contribution in [0, 0.1) is 5.92 Å². The van der Waals surface area contributed by atoms with Gasteiger partial charge in [-0.15, -0.1) is 0 Å². The predicted octanol–water partition coefficient (Wildman–Crippen LogP) is 4.04. The Hall–Kier alpha value is -1.63. The lowest BCUT2D eigenvalue weighted by atomic mass is 9.95. The zero-order valence-electron chi connectivity index (χ0n) is 20.7. The highest BCUT2D eigenvalue weighted by atomic mass is 35.5. The third-order valence-corrected chi connectivity index (χ3v) is 8.41. The molecule has 2 saturated heterocycles. The summed E-state index contributed by atoms with van der Waals surface area (Å²) in [7, 11) is 0. The van der Waals surface area contributed by atoms with Gasteiger partial charge < -0.3 is 15.1 Å². The lowest BCUT2D eigenvalue weighted by molar-refractivity contribution is -0.129. The Balaban J connectivity index is 1.29. The first-order chi connectivity index (χ1) is 16.5. The molecule has 1 aromatic rings. The Morgan fingerprint density at radius 3 is 2.41 bits per heavy atom. The fraction of sp³-hybridized carbons (Fsp3) is 0.704. The molecule has 1 saturated carbocycles. The number of rotatable bonds is 8. The monoisotopic (exact) mass is 488 g/mol. The molecule has 0 aromatic heterocycles. The van der Waals surface area contributed by atoms with E-state index in [4.69, 9.17) is 11.6 Å². The summed E-state index contributed by atoms with van der Waals surface area (Å²) in [5.41, 5.74) is 0.561. The summed E-state index contributed by atoms with van der Waals surface area (Å²) < 4.78 is 0. The van der Waals surface area contributed by atoms with E-state index in [1.165, 1.54) is 38.6 Å². The van der Waals surface area contributed by atoms with Gasteiger partial charge in [-0.2, -0.15) is 0 Å². The van der Waals surface area contributed by atoms with Crippen molar-refractivity contribution in [3.63, 3.8) is 0 Å². The van der Waals surface area contributed by atoms with Crippen LogP contribution in [0.3, 0.4) is 0 Å². The van der Waals surface area contributed by atoms with E-state index in [-0.39, 0.29) is 17.9 Å². The van der Waals surface area contributed by atoms with Gasteiger partial charge in [-0.3, -0.25) is 14.5 Å². The van der Waals surface area contributed by atoms with Gasteiger partial charge in [0, 0.05) is 45.3 Å². The number of hydrogen-bond donors (Lipinski definition) is 1. The van der Waals surface area contributed by atoms with Gasteiger partial charge in [0.15, 0.2) is 0 Å². The first-order valence-electron chi connectivity index (χ1n) is 13.3. The van der Waals surface area contributed by atoms with Crippen molar-refractivity contribution >= 4 is 23.4 Å². The molecule has 6 nitrogen and oxygen atoms in total. The Bertz CT molecular complexity index is 821. The maximum Gasteiger partial charge on any atom is 0.255 e. The van der Waals surface area contributed by atoms with Crippen molar-refractivity contribution < 1.29 is 9.59 Å². The number of amides is 2. The Morgan fingerprint density at radius 2 is 1.71 bits per heavy atom. The first-order valence-corrected chi connectivity index (χ1v) is 13.7. The van der Waals surface area contributed by atoms with Crippen molar-refractivity contribution in [3.05, 3.63) is 34.9 Å². The van der Waals surface area contributed by atoms with Crippen LogP contribution in [0.5, 0.6) is 0 Å². The predicted molar refractivity (Wildman–Crippen MR) is 137 cm³/mol. The summed E-state index contributed by atoms with van der Waals surface area (Å²) in [6, 6.07) is 7.83. The van der Waals surface area contributed by atoms with Crippen LogP contribution in [0.4, 0.5) is 0 Å². The van der Waals surface area contributed by atoms with Gasteiger partial charge in [0.05, 0.1) is 16.6 Å². The molecule has 2 unspecified atom stereocenters. The second-order valence-corrected chi connectivity index (χ2v) is 10.7. The van der Waals surface area contributed by atoms with E-state index in [2.05, 4.69) is 22.0 Å². The minimum atomic E-state index is -0.0750. The molecule has 0 radical (unpaired) electrons. The normalized spacial score (nSPS) is 23.7. The zero-order chi connectivity index (χ0) is 23.9. The van der Waals surface area contributed by atoms with Crippen molar-refractivity contribution in [2.24, 2.45) is 5.92 Å². The van der Waals surface area contributed by atoms with Gasteiger partial charge >= 0.3 is 0 Å². The molecule has 4 rings (SSSR count). The number of nitrogens with one attached hydrogen (secondary N) is 1. The highest BCUT2D eigenvalue weighted by molar-refractivity contribution is 6.33. The number of carbonyl (C=O) groups is 2. The highest BCUT2D eigenvalue weighted by Gasteiger charge is 2.37. The van der Waals surface area contributed by atoms with Crippen molar-refractivity contribution in [3.8, 4) is 0 Å². The molecule has 3 aliphatic rings. The summed E-state index contributed by atoms with van der Waals surface area (Å²) >= 11 is 6.25. The third kappa shape index (κ3) is 6.32. The molecule has 2 aliphatic heterocycles. The second kappa shape index (κ2) is 12.4. The van der Waals surface area contributed by atoms with E-state index >= 15 is 0 Å². The minimum Gasteiger partial charge on any atom is -0.355 e. The summed E-state index contributed by atoms with van der Waals surface area (Å²) in [6.07, 6.45) is 9.62. The summed E-state index contributed by atoms with van der Waals surface area (Å²) in [5, 5.41) is 3.77. The molecule has 0 spiro atoms. The molecule has 3 fully saturated rings. The number of likely N-dealkylation sites (tertiary alicyclic amines) is 1. The topological polar surface area (TPSA) is 55.9 Å². The van der Waals surface area contributed by atoms with Gasteiger partial charge in [0.25, 0.3) is 5.91 Å². The van der Waals surface area contributed by atoms with Crippen LogP contribution in [-0.4, -0.2) is 84.4 Å². The standard InChI is InChI=1S/C27H41ClN4O2/c1-21-9-6-7-15-30(21)16-8-14-29-26(33)25(22-10-2-3-11-22)31-17-19-32(20-18-31)27(34)23-12-4-5-13-24(23)28/h4-5,12-13,21-22,25H,2-3,6-11,14-20H2,1H3,(H,29,33). The summed E-state index contributed by atoms with van der Waals surface area (Å²) in [5.74, 6) is 0.594. The first kappa shape index (κ1) is 25.5. The highest BCUT2D eigenvalue weighted by Crippen LogP contribution is 2.31. The third-order valence-electron chi connectivity index (χ3n) is 8.08. The number of nitrogens with zero attached hydrogens (tertiary/aromatic N) is 3. The van der Waals surface area contributed by atoms with E-state index < -0.39 is 0 Å². The quantitative estimate of drug-likeness (QED) is 0.561. The number of halogens is 1. The molecule has 1 N–H and O–H groups in total. The van der Waals surface area contributed by atoms with Crippen LogP contribution in [0.15, 0.2) is 24.3 Å². The molecule has 7 heteroatoms. The van der Waals surface area contributed by atoms with Gasteiger partial charge in [-0.25, -0.2) is 0 Å². The summed E-state index contributed by atoms with van der Waals surface area (Å²) in [6.45, 7) is 8.06. The fourth-order valence-corrected chi connectivity index (χ4v) is 6.26. The molecule has 2 heterocycles. The Morgan fingerprint density at radius 1 is 1.00 bits per heavy atom. The largest absolute Gasteiger partial charge is 0.355 e. The number of benzene rings is 1. The van der Waals surface area contributed by atoms with Crippen molar-refractivity contribution in [1.29, 1.82) is 0 Å². The molecular formula is C27H41ClN4O2. The van der Waals surface area contributed by atoms with Crippen molar-refractivity contribution in [2.45, 2.75) is 70.4 Å². The lowest BCUT2D eigenvalue weighted by Gasteiger charge is -2.41. The van der Waals surface area contributed by atoms with Gasteiger partial charge in [-0.1, -0.05) is 43.0 Å². The smallest absolute Gasteiger partial charge is 0.255 e. The zero-order valence-corrected chi connectivity index (χ0v) is 21.4. The maximum absolute atomic E-state index is 13.4. The number of hydrogen-bond acceptors (Lipinski definition) is 4. The van der Waals surface area contributed by atoms with Crippen LogP contribution >= 0.6 is 11.6 Å². The molecule has 0 bridgehead atoms.